The first-order valence-electron chi connectivity index (χ1n) is 14.5. The highest BCUT2D eigenvalue weighted by Gasteiger charge is 2.44. The van der Waals surface area contributed by atoms with Crippen LogP contribution in [0.25, 0.3) is 5.70 Å². The van der Waals surface area contributed by atoms with Crippen LogP contribution in [0, 0.1) is 17.8 Å². The van der Waals surface area contributed by atoms with Crippen LogP contribution in [-0.4, -0.2) is 47.5 Å². The Morgan fingerprint density at radius 2 is 1.82 bits per heavy atom. The highest BCUT2D eigenvalue weighted by atomic mass is 16.2. The number of amides is 3. The summed E-state index contributed by atoms with van der Waals surface area (Å²) < 4.78 is 0. The Hall–Kier alpha value is -3.22. The highest BCUT2D eigenvalue weighted by Crippen LogP contribution is 2.33. The van der Waals surface area contributed by atoms with Crippen molar-refractivity contribution in [1.82, 2.24) is 10.2 Å². The fourth-order valence-electron chi connectivity index (χ4n) is 5.65. The minimum absolute atomic E-state index is 0.0000883. The minimum atomic E-state index is -0.607. The van der Waals surface area contributed by atoms with Crippen LogP contribution < -0.4 is 10.6 Å². The van der Waals surface area contributed by atoms with Crippen LogP contribution in [0.3, 0.4) is 0 Å². The molecular formula is C32H46N4O3. The molecule has 3 unspecified atom stereocenters. The van der Waals surface area contributed by atoms with E-state index in [2.05, 4.69) is 29.1 Å². The molecule has 1 saturated carbocycles. The summed E-state index contributed by atoms with van der Waals surface area (Å²) in [5, 5.41) is 6.18. The van der Waals surface area contributed by atoms with E-state index in [1.807, 2.05) is 52.0 Å². The summed E-state index contributed by atoms with van der Waals surface area (Å²) in [5.74, 6) is -0.575. The molecule has 212 valence electrons. The summed E-state index contributed by atoms with van der Waals surface area (Å²) >= 11 is 0. The Labute approximate surface area is 234 Å². The molecule has 39 heavy (non-hydrogen) atoms. The largest absolute Gasteiger partial charge is 0.344 e. The van der Waals surface area contributed by atoms with Gasteiger partial charge in [0.25, 0.3) is 0 Å². The van der Waals surface area contributed by atoms with Crippen molar-refractivity contribution in [2.24, 2.45) is 22.7 Å². The monoisotopic (exact) mass is 534 g/mol. The van der Waals surface area contributed by atoms with Crippen LogP contribution in [0.1, 0.15) is 85.1 Å². The maximum Gasteiger partial charge on any atom is 0.247 e. The molecule has 2 aliphatic rings. The number of hydrogen-bond donors (Lipinski definition) is 2. The smallest absolute Gasteiger partial charge is 0.247 e. The molecule has 7 nitrogen and oxygen atoms in total. The molecule has 2 fully saturated rings. The van der Waals surface area contributed by atoms with E-state index in [0.29, 0.717) is 12.2 Å². The number of allylic oxidation sites excluding steroid dienone is 2. The van der Waals surface area contributed by atoms with Gasteiger partial charge in [-0.05, 0) is 56.1 Å². The fraction of sp³-hybridized carbons (Fsp3) is 0.562. The van der Waals surface area contributed by atoms with Crippen molar-refractivity contribution in [2.75, 3.05) is 11.9 Å². The second-order valence-electron chi connectivity index (χ2n) is 11.3. The quantitative estimate of drug-likeness (QED) is 0.362. The number of para-hydroxylation sites is 1. The van der Waals surface area contributed by atoms with Gasteiger partial charge in [-0.3, -0.25) is 19.4 Å². The van der Waals surface area contributed by atoms with E-state index in [1.54, 1.807) is 17.2 Å². The van der Waals surface area contributed by atoms with E-state index in [-0.39, 0.29) is 35.5 Å². The van der Waals surface area contributed by atoms with Gasteiger partial charge in [0.05, 0.1) is 11.4 Å². The number of benzene rings is 1. The van der Waals surface area contributed by atoms with Gasteiger partial charge < -0.3 is 15.5 Å². The predicted octanol–water partition coefficient (Wildman–Crippen LogP) is 5.98. The number of anilines is 1. The number of carbonyl (C=O) groups is 3. The van der Waals surface area contributed by atoms with Crippen molar-refractivity contribution in [3.05, 3.63) is 48.1 Å². The van der Waals surface area contributed by atoms with Gasteiger partial charge in [0.2, 0.25) is 17.7 Å². The Morgan fingerprint density at radius 3 is 2.46 bits per heavy atom. The van der Waals surface area contributed by atoms with Crippen LogP contribution in [0.5, 0.6) is 0 Å². The summed E-state index contributed by atoms with van der Waals surface area (Å²) in [6.07, 6.45) is 9.96. The molecule has 1 aromatic carbocycles. The van der Waals surface area contributed by atoms with Gasteiger partial charge in [-0.1, -0.05) is 77.8 Å². The number of carbonyl (C=O) groups excluding carboxylic acids is 3. The third-order valence-corrected chi connectivity index (χ3v) is 8.14. The molecule has 1 heterocycles. The first-order valence-corrected chi connectivity index (χ1v) is 14.5. The van der Waals surface area contributed by atoms with E-state index in [1.165, 1.54) is 0 Å². The lowest BCUT2D eigenvalue weighted by atomic mass is 9.83. The molecule has 3 rings (SSSR count). The third-order valence-electron chi connectivity index (χ3n) is 8.14. The standard InChI is InChI=1S/C32H46N4O3/c1-7-19-33-27(22(5)8-2)25-16-12-13-17-26(25)34-31(38)29-23(6)18-20-36(29)32(39)28(35-30(37)21(3)4)24-14-10-9-11-15-24/h7,12-13,16-17,19,21,23-24,28-29H,1,8-11,14-15,18,20H2,2-6H3,(H,34,38)(H,35,37). The lowest BCUT2D eigenvalue weighted by Gasteiger charge is -2.35. The van der Waals surface area contributed by atoms with E-state index in [9.17, 15) is 14.4 Å². The molecule has 0 radical (unpaired) electrons. The number of hydrogen-bond acceptors (Lipinski definition) is 4. The van der Waals surface area contributed by atoms with Crippen molar-refractivity contribution in [2.45, 2.75) is 91.6 Å². The van der Waals surface area contributed by atoms with Gasteiger partial charge in [0, 0.05) is 24.2 Å². The highest BCUT2D eigenvalue weighted by molar-refractivity contribution is 6.01. The first kappa shape index (κ1) is 30.3. The van der Waals surface area contributed by atoms with E-state index < -0.39 is 12.1 Å². The minimum Gasteiger partial charge on any atom is -0.344 e. The second-order valence-corrected chi connectivity index (χ2v) is 11.3. The zero-order valence-corrected chi connectivity index (χ0v) is 24.3. The topological polar surface area (TPSA) is 90.9 Å². The van der Waals surface area contributed by atoms with Crippen LogP contribution in [0.2, 0.25) is 0 Å². The summed E-state index contributed by atoms with van der Waals surface area (Å²) in [7, 11) is 0. The molecule has 3 atom stereocenters. The zero-order valence-electron chi connectivity index (χ0n) is 24.3. The van der Waals surface area contributed by atoms with Gasteiger partial charge in [-0.15, -0.1) is 0 Å². The zero-order chi connectivity index (χ0) is 28.5. The van der Waals surface area contributed by atoms with Gasteiger partial charge in [0.1, 0.15) is 12.1 Å². The van der Waals surface area contributed by atoms with Crippen LogP contribution in [-0.2, 0) is 14.4 Å². The normalized spacial score (nSPS) is 21.5. The second kappa shape index (κ2) is 14.2. The average molecular weight is 535 g/mol. The van der Waals surface area contributed by atoms with Crippen LogP contribution >= 0.6 is 0 Å². The molecule has 3 amide bonds. The Balaban J connectivity index is 1.89. The third kappa shape index (κ3) is 7.46. The van der Waals surface area contributed by atoms with Crippen LogP contribution in [0.4, 0.5) is 5.69 Å². The van der Waals surface area contributed by atoms with E-state index in [0.717, 1.165) is 61.8 Å². The van der Waals surface area contributed by atoms with Crippen molar-refractivity contribution < 1.29 is 14.4 Å². The molecule has 0 spiro atoms. The Kier molecular flexibility index (Phi) is 11.1. The molecule has 1 aromatic rings. The molecule has 1 saturated heterocycles. The van der Waals surface area contributed by atoms with E-state index >= 15 is 0 Å². The van der Waals surface area contributed by atoms with Crippen molar-refractivity contribution >= 4 is 35.3 Å². The number of aliphatic imine (C=N–C) groups is 1. The SMILES string of the molecule is C=CC=NC(=C(C)CC)c1ccccc1NC(=O)C1C(C)CCN1C(=O)C(NC(=O)C(C)C)C1CCCCC1. The average Bonchev–Trinajstić information content (AvgIpc) is 3.33. The molecule has 7 heteroatoms. The number of rotatable bonds is 10. The summed E-state index contributed by atoms with van der Waals surface area (Å²) in [5.41, 5.74) is 3.39. The summed E-state index contributed by atoms with van der Waals surface area (Å²) in [4.78, 5) is 46.9. The van der Waals surface area contributed by atoms with Crippen LogP contribution in [0.15, 0.2) is 47.5 Å². The van der Waals surface area contributed by atoms with Crippen molar-refractivity contribution in [3.63, 3.8) is 0 Å². The molecule has 1 aliphatic heterocycles. The number of likely N-dealkylation sites (tertiary alicyclic amines) is 1. The summed E-state index contributed by atoms with van der Waals surface area (Å²) in [6.45, 7) is 14.0. The Morgan fingerprint density at radius 1 is 1.13 bits per heavy atom. The maximum atomic E-state index is 14.0. The van der Waals surface area contributed by atoms with Gasteiger partial charge in [-0.2, -0.15) is 0 Å². The molecule has 0 aromatic heterocycles. The van der Waals surface area contributed by atoms with Gasteiger partial charge >= 0.3 is 0 Å². The first-order chi connectivity index (χ1) is 18.7. The fourth-order valence-corrected chi connectivity index (χ4v) is 5.65. The Bertz CT molecular complexity index is 1100. The molecular weight excluding hydrogens is 488 g/mol. The lowest BCUT2D eigenvalue weighted by molar-refractivity contribution is -0.142. The van der Waals surface area contributed by atoms with E-state index in [4.69, 9.17) is 0 Å². The maximum absolute atomic E-state index is 14.0. The molecule has 2 N–H and O–H groups in total. The predicted molar refractivity (Wildman–Crippen MR) is 159 cm³/mol. The summed E-state index contributed by atoms with van der Waals surface area (Å²) in [6, 6.07) is 6.44. The van der Waals surface area contributed by atoms with Crippen molar-refractivity contribution in [1.29, 1.82) is 0 Å². The number of nitrogens with one attached hydrogen (secondary N) is 2. The molecule has 0 bridgehead atoms. The van der Waals surface area contributed by atoms with Crippen molar-refractivity contribution in [3.8, 4) is 0 Å². The van der Waals surface area contributed by atoms with Gasteiger partial charge in [0.15, 0.2) is 0 Å². The number of nitrogens with zero attached hydrogens (tertiary/aromatic N) is 2. The molecule has 1 aliphatic carbocycles. The lowest BCUT2D eigenvalue weighted by Crippen LogP contribution is -2.56. The van der Waals surface area contributed by atoms with Gasteiger partial charge in [-0.25, -0.2) is 0 Å².